The van der Waals surface area contributed by atoms with Crippen molar-refractivity contribution < 1.29 is 4.79 Å². The summed E-state index contributed by atoms with van der Waals surface area (Å²) in [5, 5.41) is 1.17. The van der Waals surface area contributed by atoms with Crippen molar-refractivity contribution in [3.63, 3.8) is 0 Å². The van der Waals surface area contributed by atoms with Crippen LogP contribution < -0.4 is 0 Å². The van der Waals surface area contributed by atoms with Crippen molar-refractivity contribution in [3.05, 3.63) is 36.0 Å². The molecule has 0 amide bonds. The molecule has 2 rings (SSSR count). The van der Waals surface area contributed by atoms with E-state index < -0.39 is 0 Å². The number of H-pyrrole nitrogens is 1. The van der Waals surface area contributed by atoms with Gasteiger partial charge in [-0.05, 0) is 25.0 Å². The van der Waals surface area contributed by atoms with E-state index in [2.05, 4.69) is 29.8 Å². The molecular weight excluding hydrogens is 246 g/mol. The molecule has 0 aliphatic rings. The molecule has 1 aromatic heterocycles. The van der Waals surface area contributed by atoms with E-state index in [-0.39, 0.29) is 11.7 Å². The third-order valence-electron chi connectivity index (χ3n) is 3.42. The van der Waals surface area contributed by atoms with Gasteiger partial charge in [0.1, 0.15) is 5.78 Å². The minimum Gasteiger partial charge on any atom is -0.361 e. The maximum absolute atomic E-state index is 11.5. The molecule has 0 aliphatic heterocycles. The summed E-state index contributed by atoms with van der Waals surface area (Å²) in [7, 11) is 0. The molecule has 1 N–H and O–H groups in total. The zero-order valence-electron chi connectivity index (χ0n) is 12.2. The number of fused-ring (bicyclic) bond motifs is 1. The van der Waals surface area contributed by atoms with Crippen molar-refractivity contribution in [1.82, 2.24) is 4.98 Å². The minimum absolute atomic E-state index is 0.000469. The summed E-state index contributed by atoms with van der Waals surface area (Å²) in [4.78, 5) is 14.8. The molecule has 2 nitrogen and oxygen atoms in total. The highest BCUT2D eigenvalue weighted by atomic mass is 16.1. The molecule has 0 fully saturated rings. The number of para-hydroxylation sites is 1. The fraction of sp³-hybridized carbons (Fsp3) is 0.389. The third kappa shape index (κ3) is 3.51. The van der Waals surface area contributed by atoms with Gasteiger partial charge < -0.3 is 4.98 Å². The smallest absolute Gasteiger partial charge is 0.131 e. The van der Waals surface area contributed by atoms with E-state index in [1.54, 1.807) is 6.92 Å². The Kier molecular flexibility index (Phi) is 5.01. The van der Waals surface area contributed by atoms with Crippen molar-refractivity contribution in [3.8, 4) is 11.8 Å². The highest BCUT2D eigenvalue weighted by Crippen LogP contribution is 2.27. The van der Waals surface area contributed by atoms with E-state index >= 15 is 0 Å². The lowest BCUT2D eigenvalue weighted by atomic mass is 9.94. The zero-order valence-corrected chi connectivity index (χ0v) is 12.2. The molecular formula is C18H21NO. The SMILES string of the molecule is CCCCC#C[C@H](CC(C)=O)c1c[nH]c2ccccc12. The quantitative estimate of drug-likeness (QED) is 0.631. The number of unbranched alkanes of at least 4 members (excludes halogenated alkanes) is 2. The summed E-state index contributed by atoms with van der Waals surface area (Å²) in [6.45, 7) is 3.80. The van der Waals surface area contributed by atoms with Gasteiger partial charge in [0.25, 0.3) is 0 Å². The van der Waals surface area contributed by atoms with Crippen molar-refractivity contribution in [2.24, 2.45) is 0 Å². The first-order valence-corrected chi connectivity index (χ1v) is 7.26. The van der Waals surface area contributed by atoms with Crippen LogP contribution in [0.5, 0.6) is 0 Å². The first-order chi connectivity index (χ1) is 9.72. The Morgan fingerprint density at radius 3 is 2.90 bits per heavy atom. The van der Waals surface area contributed by atoms with Gasteiger partial charge in [-0.15, -0.1) is 5.92 Å². The van der Waals surface area contributed by atoms with E-state index in [9.17, 15) is 4.79 Å². The first-order valence-electron chi connectivity index (χ1n) is 7.26. The van der Waals surface area contributed by atoms with Gasteiger partial charge in [0.2, 0.25) is 0 Å². The lowest BCUT2D eigenvalue weighted by Crippen LogP contribution is -2.01. The number of benzene rings is 1. The number of rotatable bonds is 5. The van der Waals surface area contributed by atoms with E-state index in [1.165, 1.54) is 5.39 Å². The second-order valence-corrected chi connectivity index (χ2v) is 5.17. The van der Waals surface area contributed by atoms with E-state index in [4.69, 9.17) is 0 Å². The largest absolute Gasteiger partial charge is 0.361 e. The van der Waals surface area contributed by atoms with Gasteiger partial charge in [-0.1, -0.05) is 37.5 Å². The Labute approximate surface area is 120 Å². The normalized spacial score (nSPS) is 11.9. The van der Waals surface area contributed by atoms with Crippen LogP contribution in [0.2, 0.25) is 0 Å². The van der Waals surface area contributed by atoms with Crippen LogP contribution >= 0.6 is 0 Å². The standard InChI is InChI=1S/C18H21NO/c1-3-4-5-6-9-15(12-14(2)20)17-13-19-18-11-8-7-10-16(17)18/h7-8,10-11,13,15,19H,3-5,12H2,1-2H3/t15-/m1/s1. The number of aromatic amines is 1. The van der Waals surface area contributed by atoms with Gasteiger partial charge in [-0.2, -0.15) is 0 Å². The molecule has 0 unspecified atom stereocenters. The van der Waals surface area contributed by atoms with Gasteiger partial charge in [0.05, 0.1) is 5.92 Å². The second-order valence-electron chi connectivity index (χ2n) is 5.17. The van der Waals surface area contributed by atoms with Gasteiger partial charge in [0, 0.05) is 29.9 Å². The molecule has 0 radical (unpaired) electrons. The summed E-state index contributed by atoms with van der Waals surface area (Å²) in [5.41, 5.74) is 2.24. The van der Waals surface area contributed by atoms with Crippen LogP contribution in [0.1, 0.15) is 51.0 Å². The minimum atomic E-state index is 0.000469. The summed E-state index contributed by atoms with van der Waals surface area (Å²) in [6, 6.07) is 8.17. The fourth-order valence-corrected chi connectivity index (χ4v) is 2.37. The van der Waals surface area contributed by atoms with Crippen molar-refractivity contribution in [2.75, 3.05) is 0 Å². The Morgan fingerprint density at radius 2 is 2.15 bits per heavy atom. The van der Waals surface area contributed by atoms with Gasteiger partial charge in [-0.25, -0.2) is 0 Å². The Hall–Kier alpha value is -2.01. The summed E-state index contributed by atoms with van der Waals surface area (Å²) >= 11 is 0. The van der Waals surface area contributed by atoms with Crippen LogP contribution in [0.25, 0.3) is 10.9 Å². The third-order valence-corrected chi connectivity index (χ3v) is 3.42. The van der Waals surface area contributed by atoms with Gasteiger partial charge >= 0.3 is 0 Å². The average Bonchev–Trinajstić information content (AvgIpc) is 2.86. The number of aromatic nitrogens is 1. The van der Waals surface area contributed by atoms with Crippen molar-refractivity contribution in [2.45, 2.75) is 45.4 Å². The van der Waals surface area contributed by atoms with Crippen LogP contribution in [-0.2, 0) is 4.79 Å². The molecule has 0 aliphatic carbocycles. The molecule has 1 heterocycles. The average molecular weight is 267 g/mol. The predicted molar refractivity (Wildman–Crippen MR) is 83.6 cm³/mol. The molecule has 1 atom stereocenters. The molecule has 104 valence electrons. The van der Waals surface area contributed by atoms with Crippen molar-refractivity contribution >= 4 is 16.7 Å². The Morgan fingerprint density at radius 1 is 1.35 bits per heavy atom. The van der Waals surface area contributed by atoms with Crippen molar-refractivity contribution in [1.29, 1.82) is 0 Å². The lowest BCUT2D eigenvalue weighted by Gasteiger charge is -2.07. The van der Waals surface area contributed by atoms with E-state index in [0.29, 0.717) is 6.42 Å². The number of ketones is 1. The lowest BCUT2D eigenvalue weighted by molar-refractivity contribution is -0.117. The van der Waals surface area contributed by atoms with Crippen LogP contribution in [0.15, 0.2) is 30.5 Å². The van der Waals surface area contributed by atoms with Crippen LogP contribution in [-0.4, -0.2) is 10.8 Å². The monoisotopic (exact) mass is 267 g/mol. The molecule has 1 aromatic carbocycles. The number of carbonyl (C=O) groups excluding carboxylic acids is 1. The van der Waals surface area contributed by atoms with E-state index in [0.717, 1.165) is 30.3 Å². The van der Waals surface area contributed by atoms with Crippen LogP contribution in [0.4, 0.5) is 0 Å². The topological polar surface area (TPSA) is 32.9 Å². The zero-order chi connectivity index (χ0) is 14.4. The number of hydrogen-bond acceptors (Lipinski definition) is 1. The van der Waals surface area contributed by atoms with E-state index in [1.807, 2.05) is 24.4 Å². The Balaban J connectivity index is 2.29. The first kappa shape index (κ1) is 14.4. The fourth-order valence-electron chi connectivity index (χ4n) is 2.37. The molecule has 2 aromatic rings. The molecule has 0 spiro atoms. The highest BCUT2D eigenvalue weighted by Gasteiger charge is 2.15. The highest BCUT2D eigenvalue weighted by molar-refractivity contribution is 5.85. The van der Waals surface area contributed by atoms with Crippen LogP contribution in [0, 0.1) is 11.8 Å². The number of hydrogen-bond donors (Lipinski definition) is 1. The summed E-state index contributed by atoms with van der Waals surface area (Å²) in [6.07, 6.45) is 5.66. The number of carbonyl (C=O) groups is 1. The van der Waals surface area contributed by atoms with Gasteiger partial charge in [0.15, 0.2) is 0 Å². The molecule has 0 saturated carbocycles. The number of nitrogens with one attached hydrogen (secondary N) is 1. The predicted octanol–water partition coefficient (Wildman–Crippen LogP) is 4.42. The molecule has 20 heavy (non-hydrogen) atoms. The number of Topliss-reactive ketones (excluding diaryl/α,β-unsaturated/α-hetero) is 1. The second kappa shape index (κ2) is 6.96. The van der Waals surface area contributed by atoms with Gasteiger partial charge in [-0.3, -0.25) is 4.79 Å². The van der Waals surface area contributed by atoms with Crippen LogP contribution in [0.3, 0.4) is 0 Å². The maximum atomic E-state index is 11.5. The maximum Gasteiger partial charge on any atom is 0.131 e. The summed E-state index contributed by atoms with van der Waals surface area (Å²) < 4.78 is 0. The molecule has 0 bridgehead atoms. The summed E-state index contributed by atoms with van der Waals surface area (Å²) in [5.74, 6) is 6.70. The molecule has 0 saturated heterocycles. The Bertz CT molecular complexity index is 642. The molecule has 2 heteroatoms.